The Morgan fingerprint density at radius 2 is 2.10 bits per heavy atom. The third-order valence-electron chi connectivity index (χ3n) is 3.39. The van der Waals surface area contributed by atoms with Crippen molar-refractivity contribution in [3.05, 3.63) is 36.5 Å². The molecule has 1 aromatic heterocycles. The zero-order chi connectivity index (χ0) is 13.9. The molecule has 0 spiro atoms. The molecule has 2 aromatic rings. The predicted molar refractivity (Wildman–Crippen MR) is 75.1 cm³/mol. The molecule has 1 aliphatic rings. The number of β-amino-alcohol motifs (C(OH)–C–C–N with tert-alkyl or cyclic N) is 1. The second kappa shape index (κ2) is 5.44. The molecule has 2 unspecified atom stereocenters. The van der Waals surface area contributed by atoms with Crippen LogP contribution in [0.25, 0.3) is 11.3 Å². The molecule has 0 aliphatic carbocycles. The van der Waals surface area contributed by atoms with E-state index in [4.69, 9.17) is 0 Å². The number of H-pyrrole nitrogens is 1. The van der Waals surface area contributed by atoms with E-state index in [-0.39, 0.29) is 11.9 Å². The van der Waals surface area contributed by atoms with Crippen LogP contribution in [-0.4, -0.2) is 39.9 Å². The van der Waals surface area contributed by atoms with Gasteiger partial charge in [-0.15, -0.1) is 0 Å². The van der Waals surface area contributed by atoms with E-state index < -0.39 is 6.10 Å². The predicted octanol–water partition coefficient (Wildman–Crippen LogP) is 0.738. The first-order chi connectivity index (χ1) is 9.72. The van der Waals surface area contributed by atoms with Crippen LogP contribution < -0.4 is 10.6 Å². The molecule has 2 heterocycles. The highest BCUT2D eigenvalue weighted by atomic mass is 16.3. The van der Waals surface area contributed by atoms with Gasteiger partial charge in [-0.1, -0.05) is 12.1 Å². The van der Waals surface area contributed by atoms with Crippen LogP contribution in [0.15, 0.2) is 36.5 Å². The van der Waals surface area contributed by atoms with Gasteiger partial charge in [0.2, 0.25) is 5.91 Å². The molecule has 4 N–H and O–H groups in total. The fourth-order valence-electron chi connectivity index (χ4n) is 2.30. The lowest BCUT2D eigenvalue weighted by Gasteiger charge is -2.11. The van der Waals surface area contributed by atoms with Crippen molar-refractivity contribution in [1.29, 1.82) is 0 Å². The number of nitrogens with one attached hydrogen (secondary N) is 3. The topological polar surface area (TPSA) is 90.0 Å². The van der Waals surface area contributed by atoms with Crippen LogP contribution in [0.5, 0.6) is 0 Å². The lowest BCUT2D eigenvalue weighted by molar-refractivity contribution is -0.117. The number of aromatic amines is 1. The number of anilines is 1. The van der Waals surface area contributed by atoms with Crippen molar-refractivity contribution in [3.8, 4) is 11.3 Å². The molecule has 1 fully saturated rings. The van der Waals surface area contributed by atoms with Gasteiger partial charge in [0.05, 0.1) is 17.8 Å². The van der Waals surface area contributed by atoms with Crippen molar-refractivity contribution >= 4 is 11.6 Å². The SMILES string of the molecule is O=C(Nc1ccc(-c2ccn[nH]2)cc1)C1CC(O)CN1. The van der Waals surface area contributed by atoms with E-state index in [1.807, 2.05) is 30.3 Å². The fourth-order valence-corrected chi connectivity index (χ4v) is 2.30. The first kappa shape index (κ1) is 12.8. The molecule has 0 radical (unpaired) electrons. The first-order valence-electron chi connectivity index (χ1n) is 6.54. The van der Waals surface area contributed by atoms with Gasteiger partial charge in [0, 0.05) is 18.4 Å². The first-order valence-corrected chi connectivity index (χ1v) is 6.54. The van der Waals surface area contributed by atoms with Gasteiger partial charge in [-0.3, -0.25) is 9.89 Å². The third kappa shape index (κ3) is 2.71. The monoisotopic (exact) mass is 272 g/mol. The van der Waals surface area contributed by atoms with Crippen LogP contribution in [0.3, 0.4) is 0 Å². The number of benzene rings is 1. The van der Waals surface area contributed by atoms with Crippen LogP contribution in [0.2, 0.25) is 0 Å². The highest BCUT2D eigenvalue weighted by Gasteiger charge is 2.27. The Hall–Kier alpha value is -2.18. The lowest BCUT2D eigenvalue weighted by Crippen LogP contribution is -2.35. The molecular formula is C14H16N4O2. The van der Waals surface area contributed by atoms with E-state index >= 15 is 0 Å². The summed E-state index contributed by atoms with van der Waals surface area (Å²) < 4.78 is 0. The van der Waals surface area contributed by atoms with Crippen molar-refractivity contribution in [2.75, 3.05) is 11.9 Å². The van der Waals surface area contributed by atoms with Crippen LogP contribution in [0.4, 0.5) is 5.69 Å². The molecule has 104 valence electrons. The summed E-state index contributed by atoms with van der Waals surface area (Å²) in [6, 6.07) is 9.09. The van der Waals surface area contributed by atoms with Crippen LogP contribution in [-0.2, 0) is 4.79 Å². The van der Waals surface area contributed by atoms with Gasteiger partial charge in [-0.2, -0.15) is 5.10 Å². The molecule has 1 saturated heterocycles. The highest BCUT2D eigenvalue weighted by molar-refractivity contribution is 5.95. The van der Waals surface area contributed by atoms with Gasteiger partial charge >= 0.3 is 0 Å². The Morgan fingerprint density at radius 3 is 2.70 bits per heavy atom. The number of aliphatic hydroxyl groups excluding tert-OH is 1. The van der Waals surface area contributed by atoms with Gasteiger partial charge in [-0.05, 0) is 30.2 Å². The summed E-state index contributed by atoms with van der Waals surface area (Å²) in [7, 11) is 0. The summed E-state index contributed by atoms with van der Waals surface area (Å²) in [5.41, 5.74) is 2.68. The quantitative estimate of drug-likeness (QED) is 0.663. The summed E-state index contributed by atoms with van der Waals surface area (Å²) >= 11 is 0. The van der Waals surface area contributed by atoms with E-state index in [0.717, 1.165) is 16.9 Å². The number of rotatable bonds is 3. The molecule has 20 heavy (non-hydrogen) atoms. The zero-order valence-electron chi connectivity index (χ0n) is 10.8. The maximum Gasteiger partial charge on any atom is 0.241 e. The van der Waals surface area contributed by atoms with Gasteiger partial charge in [0.15, 0.2) is 0 Å². The number of amides is 1. The Kier molecular flexibility index (Phi) is 3.49. The minimum absolute atomic E-state index is 0.115. The van der Waals surface area contributed by atoms with Crippen LogP contribution in [0.1, 0.15) is 6.42 Å². The average Bonchev–Trinajstić information content (AvgIpc) is 3.10. The van der Waals surface area contributed by atoms with Crippen molar-refractivity contribution in [2.45, 2.75) is 18.6 Å². The molecule has 6 heteroatoms. The maximum atomic E-state index is 12.0. The smallest absolute Gasteiger partial charge is 0.241 e. The van der Waals surface area contributed by atoms with Gasteiger partial charge < -0.3 is 15.7 Å². The highest BCUT2D eigenvalue weighted by Crippen LogP contribution is 2.19. The van der Waals surface area contributed by atoms with Crippen LogP contribution in [0, 0.1) is 0 Å². The molecule has 2 atom stereocenters. The van der Waals surface area contributed by atoms with Crippen molar-refractivity contribution in [2.24, 2.45) is 0 Å². The van der Waals surface area contributed by atoms with Gasteiger partial charge in [-0.25, -0.2) is 0 Å². The Bertz CT molecular complexity index is 580. The second-order valence-corrected chi connectivity index (χ2v) is 4.89. The Morgan fingerprint density at radius 1 is 1.30 bits per heavy atom. The minimum atomic E-state index is -0.437. The van der Waals surface area contributed by atoms with Crippen molar-refractivity contribution in [3.63, 3.8) is 0 Å². The second-order valence-electron chi connectivity index (χ2n) is 4.89. The van der Waals surface area contributed by atoms with E-state index in [9.17, 15) is 9.90 Å². The molecule has 6 nitrogen and oxygen atoms in total. The van der Waals surface area contributed by atoms with E-state index in [2.05, 4.69) is 20.8 Å². The summed E-state index contributed by atoms with van der Waals surface area (Å²) in [5, 5.41) is 22.0. The van der Waals surface area contributed by atoms with E-state index in [1.54, 1.807) is 6.20 Å². The zero-order valence-corrected chi connectivity index (χ0v) is 10.8. The molecule has 1 amide bonds. The molecule has 1 aromatic carbocycles. The van der Waals surface area contributed by atoms with Crippen molar-refractivity contribution < 1.29 is 9.90 Å². The van der Waals surface area contributed by atoms with Gasteiger partial charge in [0.1, 0.15) is 0 Å². The molecule has 0 saturated carbocycles. The molecular weight excluding hydrogens is 256 g/mol. The summed E-state index contributed by atoms with van der Waals surface area (Å²) in [6.07, 6.45) is 1.72. The number of aliphatic hydroxyl groups is 1. The third-order valence-corrected chi connectivity index (χ3v) is 3.39. The van der Waals surface area contributed by atoms with Crippen LogP contribution >= 0.6 is 0 Å². The maximum absolute atomic E-state index is 12.0. The summed E-state index contributed by atoms with van der Waals surface area (Å²) in [6.45, 7) is 0.469. The lowest BCUT2D eigenvalue weighted by atomic mass is 10.1. The van der Waals surface area contributed by atoms with E-state index in [1.165, 1.54) is 0 Å². The van der Waals surface area contributed by atoms with E-state index in [0.29, 0.717) is 13.0 Å². The normalized spacial score (nSPS) is 21.9. The average molecular weight is 272 g/mol. The number of nitrogens with zero attached hydrogens (tertiary/aromatic N) is 1. The largest absolute Gasteiger partial charge is 0.392 e. The molecule has 3 rings (SSSR count). The Labute approximate surface area is 116 Å². The van der Waals surface area contributed by atoms with Crippen molar-refractivity contribution in [1.82, 2.24) is 15.5 Å². The summed E-state index contributed by atoms with van der Waals surface area (Å²) in [4.78, 5) is 12.0. The summed E-state index contributed by atoms with van der Waals surface area (Å²) in [5.74, 6) is -0.115. The fraction of sp³-hybridized carbons (Fsp3) is 0.286. The standard InChI is InChI=1S/C14H16N4O2/c19-11-7-13(15-8-11)14(20)17-10-3-1-9(2-4-10)12-5-6-16-18-12/h1-6,11,13,15,19H,7-8H2,(H,16,18)(H,17,20). The number of hydrogen-bond acceptors (Lipinski definition) is 4. The molecule has 0 bridgehead atoms. The number of carbonyl (C=O) groups excluding carboxylic acids is 1. The Balaban J connectivity index is 1.65. The number of carbonyl (C=O) groups is 1. The minimum Gasteiger partial charge on any atom is -0.392 e. The van der Waals surface area contributed by atoms with Gasteiger partial charge in [0.25, 0.3) is 0 Å². The number of aromatic nitrogens is 2. The number of hydrogen-bond donors (Lipinski definition) is 4. The molecule has 1 aliphatic heterocycles.